The van der Waals surface area contributed by atoms with Crippen LogP contribution >= 0.6 is 27.3 Å². The fraction of sp³-hybridized carbons (Fsp3) is 0.167. The number of halogens is 1. The minimum absolute atomic E-state index is 0.271. The van der Waals surface area contributed by atoms with E-state index < -0.39 is 10.0 Å². The van der Waals surface area contributed by atoms with Gasteiger partial charge in [-0.3, -0.25) is 4.72 Å². The van der Waals surface area contributed by atoms with E-state index in [2.05, 4.69) is 20.7 Å². The van der Waals surface area contributed by atoms with Gasteiger partial charge in [-0.25, -0.2) is 8.42 Å². The van der Waals surface area contributed by atoms with E-state index >= 15 is 0 Å². The second-order valence-corrected chi connectivity index (χ2v) is 7.78. The Hall–Kier alpha value is -0.890. The number of hydrogen-bond acceptors (Lipinski definition) is 4. The van der Waals surface area contributed by atoms with Crippen LogP contribution in [0.3, 0.4) is 0 Å². The number of aryl methyl sites for hydroxylation is 1. The first-order valence-electron chi connectivity index (χ1n) is 5.49. The molecule has 3 N–H and O–H groups in total. The molecule has 0 bridgehead atoms. The number of anilines is 1. The molecule has 2 rings (SSSR count). The average molecular weight is 361 g/mol. The molecule has 4 nitrogen and oxygen atoms in total. The number of hydrogen-bond donors (Lipinski definition) is 2. The minimum Gasteiger partial charge on any atom is -0.326 e. The van der Waals surface area contributed by atoms with E-state index in [0.717, 1.165) is 15.6 Å². The van der Waals surface area contributed by atoms with Crippen molar-refractivity contribution >= 4 is 43.0 Å². The summed E-state index contributed by atoms with van der Waals surface area (Å²) in [5.74, 6) is 0. The molecular weight excluding hydrogens is 348 g/mol. The van der Waals surface area contributed by atoms with Crippen molar-refractivity contribution in [2.24, 2.45) is 5.73 Å². The molecule has 0 atom stereocenters. The van der Waals surface area contributed by atoms with Crippen LogP contribution in [-0.4, -0.2) is 8.42 Å². The van der Waals surface area contributed by atoms with E-state index in [1.54, 1.807) is 17.5 Å². The maximum absolute atomic E-state index is 12.2. The molecule has 0 radical (unpaired) electrons. The molecule has 102 valence electrons. The van der Waals surface area contributed by atoms with Crippen molar-refractivity contribution in [2.45, 2.75) is 17.7 Å². The zero-order valence-electron chi connectivity index (χ0n) is 10.2. The lowest BCUT2D eigenvalue weighted by Gasteiger charge is -2.09. The molecule has 1 aromatic carbocycles. The second-order valence-electron chi connectivity index (χ2n) is 4.04. The van der Waals surface area contributed by atoms with Gasteiger partial charge in [-0.15, -0.1) is 11.3 Å². The van der Waals surface area contributed by atoms with Crippen LogP contribution < -0.4 is 10.5 Å². The molecule has 1 heterocycles. The number of benzene rings is 1. The largest absolute Gasteiger partial charge is 0.326 e. The van der Waals surface area contributed by atoms with Gasteiger partial charge in [0.05, 0.1) is 5.69 Å². The minimum atomic E-state index is -3.55. The third-order valence-corrected chi connectivity index (χ3v) is 5.92. The molecule has 0 unspecified atom stereocenters. The van der Waals surface area contributed by atoms with Crippen LogP contribution in [0.4, 0.5) is 5.69 Å². The van der Waals surface area contributed by atoms with Crippen molar-refractivity contribution in [3.05, 3.63) is 45.2 Å². The SMILES string of the molecule is Cc1ccc(Br)cc1NS(=O)(=O)c1cc(CN)cs1. The normalized spacial score (nSPS) is 11.5. The van der Waals surface area contributed by atoms with E-state index in [1.165, 1.54) is 11.3 Å². The molecule has 0 saturated heterocycles. The Bertz CT molecular complexity index is 696. The molecule has 0 fully saturated rings. The predicted molar refractivity (Wildman–Crippen MR) is 81.9 cm³/mol. The lowest BCUT2D eigenvalue weighted by Crippen LogP contribution is -2.12. The van der Waals surface area contributed by atoms with Gasteiger partial charge in [0, 0.05) is 11.0 Å². The molecule has 2 aromatic rings. The smallest absolute Gasteiger partial charge is 0.271 e. The Morgan fingerprint density at radius 2 is 2.11 bits per heavy atom. The first-order valence-corrected chi connectivity index (χ1v) is 8.64. The van der Waals surface area contributed by atoms with Crippen LogP contribution in [0.1, 0.15) is 11.1 Å². The highest BCUT2D eigenvalue weighted by Gasteiger charge is 2.17. The van der Waals surface area contributed by atoms with Crippen molar-refractivity contribution in [1.82, 2.24) is 0 Å². The van der Waals surface area contributed by atoms with Gasteiger partial charge in [0.1, 0.15) is 4.21 Å². The highest BCUT2D eigenvalue weighted by Crippen LogP contribution is 2.26. The number of sulfonamides is 1. The molecule has 19 heavy (non-hydrogen) atoms. The molecule has 0 aliphatic heterocycles. The van der Waals surface area contributed by atoms with Crippen molar-refractivity contribution in [3.8, 4) is 0 Å². The fourth-order valence-corrected chi connectivity index (χ4v) is 4.21. The van der Waals surface area contributed by atoms with E-state index in [-0.39, 0.29) is 4.21 Å². The first kappa shape index (κ1) is 14.5. The third-order valence-electron chi connectivity index (χ3n) is 2.57. The van der Waals surface area contributed by atoms with E-state index in [4.69, 9.17) is 5.73 Å². The Kier molecular flexibility index (Phi) is 4.29. The summed E-state index contributed by atoms with van der Waals surface area (Å²) >= 11 is 4.49. The maximum Gasteiger partial charge on any atom is 0.271 e. The molecule has 1 aromatic heterocycles. The Balaban J connectivity index is 2.33. The van der Waals surface area contributed by atoms with E-state index in [9.17, 15) is 8.42 Å². The van der Waals surface area contributed by atoms with Crippen LogP contribution in [0.5, 0.6) is 0 Å². The second kappa shape index (κ2) is 5.62. The molecular formula is C12H13BrN2O2S2. The van der Waals surface area contributed by atoms with Gasteiger partial charge in [-0.2, -0.15) is 0 Å². The Morgan fingerprint density at radius 3 is 2.74 bits per heavy atom. The zero-order valence-corrected chi connectivity index (χ0v) is 13.4. The van der Waals surface area contributed by atoms with Crippen LogP contribution in [0.2, 0.25) is 0 Å². The fourth-order valence-electron chi connectivity index (χ4n) is 1.50. The van der Waals surface area contributed by atoms with Crippen molar-refractivity contribution < 1.29 is 8.42 Å². The average Bonchev–Trinajstić information content (AvgIpc) is 2.83. The van der Waals surface area contributed by atoms with Crippen LogP contribution in [-0.2, 0) is 16.6 Å². The lowest BCUT2D eigenvalue weighted by atomic mass is 10.2. The van der Waals surface area contributed by atoms with Gasteiger partial charge in [0.25, 0.3) is 10.0 Å². The summed E-state index contributed by atoms with van der Waals surface area (Å²) in [7, 11) is -3.55. The van der Waals surface area contributed by atoms with Crippen LogP contribution in [0, 0.1) is 6.92 Å². The number of nitrogens with two attached hydrogens (primary N) is 1. The molecule has 0 saturated carbocycles. The third kappa shape index (κ3) is 3.36. The first-order chi connectivity index (χ1) is 8.92. The van der Waals surface area contributed by atoms with Gasteiger partial charge in [0.15, 0.2) is 0 Å². The zero-order chi connectivity index (χ0) is 14.0. The van der Waals surface area contributed by atoms with Crippen molar-refractivity contribution in [1.29, 1.82) is 0 Å². The van der Waals surface area contributed by atoms with Gasteiger partial charge in [-0.1, -0.05) is 22.0 Å². The van der Waals surface area contributed by atoms with E-state index in [0.29, 0.717) is 12.2 Å². The van der Waals surface area contributed by atoms with Crippen molar-refractivity contribution in [3.63, 3.8) is 0 Å². The summed E-state index contributed by atoms with van der Waals surface area (Å²) in [5, 5.41) is 1.75. The summed E-state index contributed by atoms with van der Waals surface area (Å²) in [6, 6.07) is 7.05. The summed E-state index contributed by atoms with van der Waals surface area (Å²) < 4.78 is 28.2. The molecule has 0 aliphatic rings. The van der Waals surface area contributed by atoms with Crippen LogP contribution in [0.15, 0.2) is 38.3 Å². The monoisotopic (exact) mass is 360 g/mol. The predicted octanol–water partition coefficient (Wildman–Crippen LogP) is 3.08. The summed E-state index contributed by atoms with van der Waals surface area (Å²) in [6.45, 7) is 2.19. The van der Waals surface area contributed by atoms with Crippen LogP contribution in [0.25, 0.3) is 0 Å². The number of nitrogens with one attached hydrogen (secondary N) is 1. The summed E-state index contributed by atoms with van der Waals surface area (Å²) in [6.07, 6.45) is 0. The number of thiophene rings is 1. The topological polar surface area (TPSA) is 72.2 Å². The van der Waals surface area contributed by atoms with Gasteiger partial charge in [-0.05, 0) is 41.6 Å². The summed E-state index contributed by atoms with van der Waals surface area (Å²) in [5.41, 5.74) is 7.73. The lowest BCUT2D eigenvalue weighted by molar-refractivity contribution is 0.603. The molecule has 0 amide bonds. The quantitative estimate of drug-likeness (QED) is 0.879. The Labute approximate surface area is 124 Å². The summed E-state index contributed by atoms with van der Waals surface area (Å²) in [4.78, 5) is 0. The van der Waals surface area contributed by atoms with Gasteiger partial charge < -0.3 is 5.73 Å². The Morgan fingerprint density at radius 1 is 1.37 bits per heavy atom. The molecule has 0 aliphatic carbocycles. The number of rotatable bonds is 4. The molecule has 7 heteroatoms. The molecule has 0 spiro atoms. The van der Waals surface area contributed by atoms with Gasteiger partial charge in [0.2, 0.25) is 0 Å². The van der Waals surface area contributed by atoms with E-state index in [1.807, 2.05) is 19.1 Å². The highest BCUT2D eigenvalue weighted by molar-refractivity contribution is 9.10. The maximum atomic E-state index is 12.2. The van der Waals surface area contributed by atoms with Gasteiger partial charge >= 0.3 is 0 Å². The van der Waals surface area contributed by atoms with Crippen molar-refractivity contribution in [2.75, 3.05) is 4.72 Å². The highest BCUT2D eigenvalue weighted by atomic mass is 79.9. The standard InChI is InChI=1S/C12H13BrN2O2S2/c1-8-2-3-10(13)5-11(8)15-19(16,17)12-4-9(6-14)7-18-12/h2-5,7,15H,6,14H2,1H3.